The van der Waals surface area contributed by atoms with Crippen molar-refractivity contribution in [2.24, 2.45) is 0 Å². The van der Waals surface area contributed by atoms with Gasteiger partial charge in [0.25, 0.3) is 5.69 Å². The third-order valence-corrected chi connectivity index (χ3v) is 4.40. The van der Waals surface area contributed by atoms with Crippen LogP contribution < -0.4 is 9.47 Å². The molecule has 1 aromatic heterocycles. The summed E-state index contributed by atoms with van der Waals surface area (Å²) < 4.78 is 12.2. The third kappa shape index (κ3) is 3.59. The summed E-state index contributed by atoms with van der Waals surface area (Å²) in [4.78, 5) is 11.3. The number of nitrogens with zero attached hydrogens (tertiary/aromatic N) is 5. The predicted octanol–water partition coefficient (Wildman–Crippen LogP) is 3.13. The smallest absolute Gasteiger partial charge is 0.287 e. The van der Waals surface area contributed by atoms with Crippen molar-refractivity contribution in [2.45, 2.75) is 17.0 Å². The molecule has 3 aromatic rings. The molecule has 0 aliphatic rings. The van der Waals surface area contributed by atoms with E-state index in [4.69, 9.17) is 9.47 Å². The van der Waals surface area contributed by atoms with Crippen molar-refractivity contribution >= 4 is 17.4 Å². The molecule has 26 heavy (non-hydrogen) atoms. The van der Waals surface area contributed by atoms with Crippen LogP contribution in [0.1, 0.15) is 6.92 Å². The lowest BCUT2D eigenvalue weighted by Crippen LogP contribution is -2.03. The number of tetrazole rings is 1. The van der Waals surface area contributed by atoms with E-state index in [1.807, 2.05) is 31.2 Å². The second-order valence-electron chi connectivity index (χ2n) is 4.97. The van der Waals surface area contributed by atoms with E-state index in [1.54, 1.807) is 12.1 Å². The van der Waals surface area contributed by atoms with Crippen molar-refractivity contribution in [1.29, 1.82) is 0 Å². The molecule has 0 bridgehead atoms. The van der Waals surface area contributed by atoms with Crippen LogP contribution in [0.4, 0.5) is 5.69 Å². The number of aromatic nitrogens is 4. The monoisotopic (exact) mass is 373 g/mol. The fourth-order valence-corrected chi connectivity index (χ4v) is 3.12. The number of methoxy groups -OCH3 is 1. The first kappa shape index (κ1) is 17.7. The van der Waals surface area contributed by atoms with Crippen LogP contribution in [0.3, 0.4) is 0 Å². The number of ether oxygens (including phenoxy) is 2. The van der Waals surface area contributed by atoms with Gasteiger partial charge in [-0.3, -0.25) is 10.1 Å². The van der Waals surface area contributed by atoms with Gasteiger partial charge in [-0.2, -0.15) is 4.68 Å². The second-order valence-corrected chi connectivity index (χ2v) is 5.98. The van der Waals surface area contributed by atoms with Crippen LogP contribution in [0.25, 0.3) is 5.69 Å². The first-order valence-corrected chi connectivity index (χ1v) is 8.46. The van der Waals surface area contributed by atoms with Gasteiger partial charge in [0.2, 0.25) is 5.16 Å². The van der Waals surface area contributed by atoms with Gasteiger partial charge in [-0.25, -0.2) is 0 Å². The zero-order valence-corrected chi connectivity index (χ0v) is 14.8. The number of hydrogen-bond acceptors (Lipinski definition) is 8. The van der Waals surface area contributed by atoms with Gasteiger partial charge in [0.1, 0.15) is 17.2 Å². The lowest BCUT2D eigenvalue weighted by Gasteiger charge is -2.10. The van der Waals surface area contributed by atoms with Crippen LogP contribution in [0.15, 0.2) is 52.5 Å². The summed E-state index contributed by atoms with van der Waals surface area (Å²) in [6, 6.07) is 11.9. The molecule has 0 spiro atoms. The van der Waals surface area contributed by atoms with Gasteiger partial charge < -0.3 is 9.47 Å². The molecule has 0 aliphatic heterocycles. The summed E-state index contributed by atoms with van der Waals surface area (Å²) in [5.41, 5.74) is 0.569. The molecule has 1 heterocycles. The highest BCUT2D eigenvalue weighted by atomic mass is 32.2. The Morgan fingerprint density at radius 1 is 1.27 bits per heavy atom. The Labute approximate surface area is 153 Å². The van der Waals surface area contributed by atoms with E-state index in [9.17, 15) is 10.1 Å². The Morgan fingerprint density at radius 3 is 2.81 bits per heavy atom. The van der Waals surface area contributed by atoms with Crippen molar-refractivity contribution in [2.75, 3.05) is 13.7 Å². The highest BCUT2D eigenvalue weighted by Crippen LogP contribution is 2.37. The van der Waals surface area contributed by atoms with Crippen LogP contribution in [-0.2, 0) is 0 Å². The van der Waals surface area contributed by atoms with Gasteiger partial charge >= 0.3 is 0 Å². The van der Waals surface area contributed by atoms with Gasteiger partial charge in [0.15, 0.2) is 0 Å². The molecular weight excluding hydrogens is 358 g/mol. The number of para-hydroxylation sites is 2. The van der Waals surface area contributed by atoms with Crippen molar-refractivity contribution in [1.82, 2.24) is 20.2 Å². The topological polar surface area (TPSA) is 105 Å². The minimum absolute atomic E-state index is 0.0815. The minimum atomic E-state index is -0.465. The first-order valence-electron chi connectivity index (χ1n) is 7.65. The summed E-state index contributed by atoms with van der Waals surface area (Å²) in [6.45, 7) is 2.37. The van der Waals surface area contributed by atoms with Crippen LogP contribution in [0, 0.1) is 10.1 Å². The SMILES string of the molecule is CCOc1ccccc1-n1nnnc1Sc1ccc(OC)cc1[N+](=O)[O-]. The zero-order chi connectivity index (χ0) is 18.5. The van der Waals surface area contributed by atoms with Gasteiger partial charge in [-0.1, -0.05) is 12.1 Å². The summed E-state index contributed by atoms with van der Waals surface area (Å²) in [6.07, 6.45) is 0. The normalized spacial score (nSPS) is 10.5. The second kappa shape index (κ2) is 7.83. The first-order chi connectivity index (χ1) is 12.6. The summed E-state index contributed by atoms with van der Waals surface area (Å²) in [7, 11) is 1.46. The molecule has 0 aliphatic carbocycles. The molecule has 0 atom stereocenters. The van der Waals surface area contributed by atoms with Crippen LogP contribution in [0.5, 0.6) is 11.5 Å². The van der Waals surface area contributed by atoms with Crippen LogP contribution in [-0.4, -0.2) is 38.8 Å². The molecular formula is C16H15N5O4S. The average Bonchev–Trinajstić information content (AvgIpc) is 3.10. The maximum Gasteiger partial charge on any atom is 0.287 e. The number of nitro groups is 1. The van der Waals surface area contributed by atoms with Gasteiger partial charge in [-0.05, 0) is 53.4 Å². The minimum Gasteiger partial charge on any atom is -0.497 e. The highest BCUT2D eigenvalue weighted by molar-refractivity contribution is 7.99. The fourth-order valence-electron chi connectivity index (χ4n) is 2.25. The molecule has 9 nitrogen and oxygen atoms in total. The van der Waals surface area contributed by atoms with E-state index < -0.39 is 4.92 Å². The molecule has 0 unspecified atom stereocenters. The van der Waals surface area contributed by atoms with Crippen LogP contribution in [0.2, 0.25) is 0 Å². The Morgan fingerprint density at radius 2 is 2.08 bits per heavy atom. The quantitative estimate of drug-likeness (QED) is 0.459. The maximum absolute atomic E-state index is 11.4. The Hall–Kier alpha value is -3.14. The largest absolute Gasteiger partial charge is 0.497 e. The van der Waals surface area contributed by atoms with E-state index >= 15 is 0 Å². The Balaban J connectivity index is 2.00. The average molecular weight is 373 g/mol. The van der Waals surface area contributed by atoms with E-state index in [2.05, 4.69) is 15.5 Å². The molecule has 0 N–H and O–H groups in total. The lowest BCUT2D eigenvalue weighted by molar-refractivity contribution is -0.387. The molecule has 134 valence electrons. The molecule has 0 saturated heterocycles. The van der Waals surface area contributed by atoms with Crippen molar-refractivity contribution < 1.29 is 14.4 Å². The number of benzene rings is 2. The summed E-state index contributed by atoms with van der Waals surface area (Å²) in [5, 5.41) is 23.4. The fraction of sp³-hybridized carbons (Fsp3) is 0.188. The molecule has 3 rings (SSSR count). The van der Waals surface area contributed by atoms with Gasteiger partial charge in [-0.15, -0.1) is 5.10 Å². The number of rotatable bonds is 7. The molecule has 0 radical (unpaired) electrons. The summed E-state index contributed by atoms with van der Waals surface area (Å²) in [5.74, 6) is 1.02. The van der Waals surface area contributed by atoms with Crippen molar-refractivity contribution in [3.8, 4) is 17.2 Å². The van der Waals surface area contributed by atoms with E-state index in [0.717, 1.165) is 11.8 Å². The molecule has 2 aromatic carbocycles. The van der Waals surface area contributed by atoms with E-state index in [1.165, 1.54) is 17.9 Å². The Bertz CT molecular complexity index is 931. The van der Waals surface area contributed by atoms with E-state index in [-0.39, 0.29) is 5.69 Å². The van der Waals surface area contributed by atoms with Gasteiger partial charge in [0.05, 0.1) is 29.6 Å². The summed E-state index contributed by atoms with van der Waals surface area (Å²) >= 11 is 1.09. The van der Waals surface area contributed by atoms with Crippen molar-refractivity contribution in [3.05, 3.63) is 52.6 Å². The lowest BCUT2D eigenvalue weighted by atomic mass is 10.3. The molecule has 10 heteroatoms. The molecule has 0 amide bonds. The van der Waals surface area contributed by atoms with Crippen LogP contribution >= 0.6 is 11.8 Å². The molecule has 0 saturated carbocycles. The maximum atomic E-state index is 11.4. The zero-order valence-electron chi connectivity index (χ0n) is 14.0. The standard InChI is InChI=1S/C16H15N5O4S/c1-3-25-14-7-5-4-6-12(14)20-16(17-18-19-20)26-15-9-8-11(24-2)10-13(15)21(22)23/h4-10H,3H2,1-2H3. The van der Waals surface area contributed by atoms with E-state index in [0.29, 0.717) is 33.8 Å². The van der Waals surface area contributed by atoms with Crippen molar-refractivity contribution in [3.63, 3.8) is 0 Å². The highest BCUT2D eigenvalue weighted by Gasteiger charge is 2.20. The third-order valence-electron chi connectivity index (χ3n) is 3.40. The van der Waals surface area contributed by atoms with Gasteiger partial charge in [0, 0.05) is 0 Å². The Kier molecular flexibility index (Phi) is 5.32. The molecule has 0 fully saturated rings. The number of nitro benzene ring substituents is 1. The predicted molar refractivity (Wildman–Crippen MR) is 94.1 cm³/mol. The number of hydrogen-bond donors (Lipinski definition) is 0.